The van der Waals surface area contributed by atoms with Crippen molar-refractivity contribution < 1.29 is 4.74 Å². The van der Waals surface area contributed by atoms with Crippen LogP contribution in [0.4, 0.5) is 0 Å². The molecule has 9 heavy (non-hydrogen) atoms. The van der Waals surface area contributed by atoms with E-state index >= 15 is 0 Å². The zero-order chi connectivity index (χ0) is 6.69. The van der Waals surface area contributed by atoms with Crippen LogP contribution >= 0.6 is 0 Å². The smallest absolute Gasteiger partial charge is 0.248 e. The quantitative estimate of drug-likeness (QED) is 0.537. The predicted octanol–water partition coefficient (Wildman–Crippen LogP) is -0.0337. The van der Waals surface area contributed by atoms with Gasteiger partial charge in [0.2, 0.25) is 6.35 Å². The molecular weight excluding hydrogens is 118 g/mol. The molecule has 1 aliphatic heterocycles. The minimum Gasteiger partial charge on any atom is -0.341 e. The number of hydrogen-bond donors (Lipinski definition) is 1. The molecular formula is C5H9N3O. The number of amidine groups is 1. The van der Waals surface area contributed by atoms with Gasteiger partial charge in [0.15, 0.2) is 0 Å². The third kappa shape index (κ3) is 1.50. The van der Waals surface area contributed by atoms with Gasteiger partial charge in [0.25, 0.3) is 0 Å². The molecule has 0 aromatic carbocycles. The molecule has 1 aliphatic rings. The Labute approximate surface area is 53.6 Å². The Bertz CT molecular complexity index is 152. The van der Waals surface area contributed by atoms with E-state index < -0.39 is 0 Å². The van der Waals surface area contributed by atoms with Crippen molar-refractivity contribution in [2.24, 2.45) is 9.98 Å². The topological polar surface area (TPSA) is 46.0 Å². The summed E-state index contributed by atoms with van der Waals surface area (Å²) in [5.74, 6) is 0.830. The standard InChI is InChI=1S/C5H9N3O/c1-4-6-3-7-5(8-4)9-2/h3,5H,1-2H3,(H,6,7,8). The van der Waals surface area contributed by atoms with Crippen molar-refractivity contribution in [1.82, 2.24) is 5.32 Å². The molecule has 1 N–H and O–H groups in total. The van der Waals surface area contributed by atoms with Crippen molar-refractivity contribution in [2.45, 2.75) is 13.3 Å². The molecule has 0 fully saturated rings. The van der Waals surface area contributed by atoms with E-state index in [-0.39, 0.29) is 6.35 Å². The zero-order valence-electron chi connectivity index (χ0n) is 5.46. The predicted molar refractivity (Wildman–Crippen MR) is 35.5 cm³/mol. The minimum atomic E-state index is -0.341. The molecule has 0 radical (unpaired) electrons. The maximum absolute atomic E-state index is 4.84. The Morgan fingerprint density at radius 3 is 3.00 bits per heavy atom. The van der Waals surface area contributed by atoms with Crippen molar-refractivity contribution in [2.75, 3.05) is 7.11 Å². The van der Waals surface area contributed by atoms with Gasteiger partial charge in [0.05, 0.1) is 6.34 Å². The molecule has 1 heterocycles. The van der Waals surface area contributed by atoms with E-state index in [2.05, 4.69) is 15.3 Å². The lowest BCUT2D eigenvalue weighted by Gasteiger charge is -2.10. The Kier molecular flexibility index (Phi) is 1.79. The van der Waals surface area contributed by atoms with Crippen LogP contribution in [0.2, 0.25) is 0 Å². The molecule has 50 valence electrons. The van der Waals surface area contributed by atoms with Crippen LogP contribution in [-0.4, -0.2) is 25.6 Å². The van der Waals surface area contributed by atoms with Gasteiger partial charge >= 0.3 is 0 Å². The maximum Gasteiger partial charge on any atom is 0.248 e. The third-order valence-electron chi connectivity index (χ3n) is 0.990. The Hall–Kier alpha value is -0.900. The summed E-state index contributed by atoms with van der Waals surface area (Å²) in [5, 5.41) is 2.82. The summed E-state index contributed by atoms with van der Waals surface area (Å²) in [7, 11) is 1.57. The van der Waals surface area contributed by atoms with Gasteiger partial charge in [-0.25, -0.2) is 9.98 Å². The molecule has 1 atom stereocenters. The van der Waals surface area contributed by atoms with Crippen molar-refractivity contribution in [1.29, 1.82) is 0 Å². The van der Waals surface area contributed by atoms with E-state index in [1.807, 2.05) is 6.92 Å². The van der Waals surface area contributed by atoms with Gasteiger partial charge in [-0.05, 0) is 6.92 Å². The number of methoxy groups -OCH3 is 1. The van der Waals surface area contributed by atoms with Crippen LogP contribution in [0.1, 0.15) is 6.92 Å². The second kappa shape index (κ2) is 2.59. The van der Waals surface area contributed by atoms with E-state index in [1.54, 1.807) is 13.4 Å². The zero-order valence-corrected chi connectivity index (χ0v) is 5.46. The first-order valence-corrected chi connectivity index (χ1v) is 2.68. The molecule has 1 rings (SSSR count). The van der Waals surface area contributed by atoms with Crippen molar-refractivity contribution in [3.05, 3.63) is 0 Å². The first-order valence-electron chi connectivity index (χ1n) is 2.68. The summed E-state index contributed by atoms with van der Waals surface area (Å²) in [5.41, 5.74) is 0. The summed E-state index contributed by atoms with van der Waals surface area (Å²) in [4.78, 5) is 7.84. The molecule has 0 spiro atoms. The van der Waals surface area contributed by atoms with Crippen molar-refractivity contribution >= 4 is 12.2 Å². The van der Waals surface area contributed by atoms with E-state index in [0.29, 0.717) is 0 Å². The normalized spacial score (nSPS) is 25.1. The number of ether oxygens (including phenoxy) is 1. The molecule has 1 unspecified atom stereocenters. The van der Waals surface area contributed by atoms with Crippen LogP contribution in [0.25, 0.3) is 0 Å². The molecule has 0 aromatic heterocycles. The Balaban J connectivity index is 2.55. The van der Waals surface area contributed by atoms with Gasteiger partial charge in [0, 0.05) is 7.11 Å². The van der Waals surface area contributed by atoms with Crippen LogP contribution in [0.5, 0.6) is 0 Å². The summed E-state index contributed by atoms with van der Waals surface area (Å²) in [6.07, 6.45) is 1.24. The van der Waals surface area contributed by atoms with Gasteiger partial charge < -0.3 is 10.1 Å². The highest BCUT2D eigenvalue weighted by atomic mass is 16.5. The number of hydrogen-bond acceptors (Lipinski definition) is 4. The number of nitrogens with one attached hydrogen (secondary N) is 1. The van der Waals surface area contributed by atoms with Crippen LogP contribution in [0.3, 0.4) is 0 Å². The fraction of sp³-hybridized carbons (Fsp3) is 0.600. The maximum atomic E-state index is 4.84. The molecule has 0 bridgehead atoms. The second-order valence-corrected chi connectivity index (χ2v) is 1.70. The second-order valence-electron chi connectivity index (χ2n) is 1.70. The Morgan fingerprint density at radius 1 is 1.78 bits per heavy atom. The average Bonchev–Trinajstić information content (AvgIpc) is 1.88. The van der Waals surface area contributed by atoms with Crippen LogP contribution < -0.4 is 5.32 Å². The lowest BCUT2D eigenvalue weighted by atomic mass is 10.6. The van der Waals surface area contributed by atoms with Crippen LogP contribution in [0.15, 0.2) is 9.98 Å². The molecule has 0 aromatic rings. The molecule has 4 heteroatoms. The lowest BCUT2D eigenvalue weighted by Crippen LogP contribution is -2.26. The fourth-order valence-electron chi connectivity index (χ4n) is 0.544. The highest BCUT2D eigenvalue weighted by Crippen LogP contribution is 1.95. The van der Waals surface area contributed by atoms with E-state index in [1.165, 1.54) is 0 Å². The molecule has 0 saturated carbocycles. The SMILES string of the molecule is COC1N=CNC(C)=N1. The summed E-state index contributed by atoms with van der Waals surface area (Å²) in [6.45, 7) is 1.86. The van der Waals surface area contributed by atoms with Crippen molar-refractivity contribution in [3.8, 4) is 0 Å². The summed E-state index contributed by atoms with van der Waals surface area (Å²) in [6, 6.07) is 0. The largest absolute Gasteiger partial charge is 0.341 e. The van der Waals surface area contributed by atoms with E-state index in [0.717, 1.165) is 5.84 Å². The fourth-order valence-corrected chi connectivity index (χ4v) is 0.544. The Morgan fingerprint density at radius 2 is 2.56 bits per heavy atom. The van der Waals surface area contributed by atoms with Gasteiger partial charge in [-0.1, -0.05) is 0 Å². The van der Waals surface area contributed by atoms with Gasteiger partial charge in [0.1, 0.15) is 5.84 Å². The van der Waals surface area contributed by atoms with E-state index in [4.69, 9.17) is 4.74 Å². The molecule has 0 saturated heterocycles. The highest BCUT2D eigenvalue weighted by molar-refractivity contribution is 5.91. The van der Waals surface area contributed by atoms with Crippen molar-refractivity contribution in [3.63, 3.8) is 0 Å². The monoisotopic (exact) mass is 127 g/mol. The molecule has 4 nitrogen and oxygen atoms in total. The third-order valence-corrected chi connectivity index (χ3v) is 0.990. The summed E-state index contributed by atoms with van der Waals surface area (Å²) < 4.78 is 4.84. The number of rotatable bonds is 1. The van der Waals surface area contributed by atoms with Gasteiger partial charge in [-0.2, -0.15) is 0 Å². The summed E-state index contributed by atoms with van der Waals surface area (Å²) >= 11 is 0. The van der Waals surface area contributed by atoms with Gasteiger partial charge in [-0.15, -0.1) is 0 Å². The van der Waals surface area contributed by atoms with Crippen LogP contribution in [-0.2, 0) is 4.74 Å². The molecule has 0 amide bonds. The first kappa shape index (κ1) is 6.22. The lowest BCUT2D eigenvalue weighted by molar-refractivity contribution is 0.117. The number of nitrogens with zero attached hydrogens (tertiary/aromatic N) is 2. The van der Waals surface area contributed by atoms with Gasteiger partial charge in [-0.3, -0.25) is 0 Å². The average molecular weight is 127 g/mol. The highest BCUT2D eigenvalue weighted by Gasteiger charge is 2.03. The first-order chi connectivity index (χ1) is 4.33. The van der Waals surface area contributed by atoms with E-state index in [9.17, 15) is 0 Å². The van der Waals surface area contributed by atoms with Crippen LogP contribution in [0, 0.1) is 0 Å². The minimum absolute atomic E-state index is 0.341. The number of aliphatic imine (C=N–C) groups is 2. The molecule has 0 aliphatic carbocycles.